The predicted molar refractivity (Wildman–Crippen MR) is 57.8 cm³/mol. The summed E-state index contributed by atoms with van der Waals surface area (Å²) >= 11 is 5.67. The van der Waals surface area contributed by atoms with Gasteiger partial charge in [0.15, 0.2) is 5.54 Å². The Morgan fingerprint density at radius 2 is 2.07 bits per heavy atom. The quantitative estimate of drug-likeness (QED) is 0.311. The van der Waals surface area contributed by atoms with Crippen LogP contribution in [0.3, 0.4) is 0 Å². The zero-order chi connectivity index (χ0) is 10.8. The molecule has 0 atom stereocenters. The summed E-state index contributed by atoms with van der Waals surface area (Å²) in [5, 5.41) is 12.1. The summed E-state index contributed by atoms with van der Waals surface area (Å²) in [4.78, 5) is 4.00. The van der Waals surface area contributed by atoms with E-state index in [4.69, 9.17) is 11.6 Å². The Morgan fingerprint density at radius 1 is 1.43 bits per heavy atom. The van der Waals surface area contributed by atoms with Crippen LogP contribution < -0.4 is 0 Å². The van der Waals surface area contributed by atoms with Gasteiger partial charge in [-0.25, -0.2) is 9.72 Å². The molecular weight excluding hydrogens is 200 g/mol. The van der Waals surface area contributed by atoms with Crippen molar-refractivity contribution < 1.29 is 4.74 Å². The Hall–Kier alpha value is -1.09. The van der Waals surface area contributed by atoms with Gasteiger partial charge in [-0.3, -0.25) is 0 Å². The summed E-state index contributed by atoms with van der Waals surface area (Å²) < 4.78 is 0.878. The molecule has 0 N–H and O–H groups in total. The minimum absolute atomic E-state index is 0.443. The highest BCUT2D eigenvalue weighted by Crippen LogP contribution is 2.07. The number of rotatable bonds is 1. The topological polar surface area (TPSA) is 39.0 Å². The van der Waals surface area contributed by atoms with Crippen LogP contribution in [0.1, 0.15) is 26.5 Å². The molecule has 0 radical (unpaired) electrons. The molecule has 0 unspecified atom stereocenters. The molecule has 0 amide bonds. The molecule has 0 spiro atoms. The van der Waals surface area contributed by atoms with Gasteiger partial charge in [0.25, 0.3) is 0 Å². The van der Waals surface area contributed by atoms with Gasteiger partial charge in [0.2, 0.25) is 6.21 Å². The maximum Gasteiger partial charge on any atom is 0.200 e. The van der Waals surface area contributed by atoms with E-state index in [9.17, 15) is 5.21 Å². The molecule has 0 aliphatic rings. The molecule has 4 heteroatoms. The van der Waals surface area contributed by atoms with Crippen LogP contribution in [0, 0.1) is 5.21 Å². The Balaban J connectivity index is 2.93. The highest BCUT2D eigenvalue weighted by molar-refractivity contribution is 6.30. The van der Waals surface area contributed by atoms with Gasteiger partial charge >= 0.3 is 0 Å². The second kappa shape index (κ2) is 3.96. The normalized spacial score (nSPS) is 13.0. The van der Waals surface area contributed by atoms with E-state index in [1.165, 1.54) is 12.4 Å². The lowest BCUT2D eigenvalue weighted by atomic mass is 10.1. The van der Waals surface area contributed by atoms with Crippen LogP contribution in [0.5, 0.6) is 0 Å². The summed E-state index contributed by atoms with van der Waals surface area (Å²) in [6.45, 7) is 5.52. The number of halogens is 1. The van der Waals surface area contributed by atoms with Gasteiger partial charge < -0.3 is 5.21 Å². The lowest BCUT2D eigenvalue weighted by Crippen LogP contribution is -2.29. The fourth-order valence-corrected chi connectivity index (χ4v) is 0.889. The Labute approximate surface area is 88.6 Å². The lowest BCUT2D eigenvalue weighted by Gasteiger charge is -2.18. The molecule has 0 bridgehead atoms. The van der Waals surface area contributed by atoms with Crippen molar-refractivity contribution in [3.63, 3.8) is 0 Å². The first kappa shape index (κ1) is 11.0. The second-order valence-corrected chi connectivity index (χ2v) is 4.46. The molecule has 0 saturated heterocycles. The fourth-order valence-electron chi connectivity index (χ4n) is 0.777. The summed E-state index contributed by atoms with van der Waals surface area (Å²) in [5.74, 6) is 0. The molecule has 1 aromatic rings. The number of hydrogen-bond acceptors (Lipinski definition) is 2. The zero-order valence-electron chi connectivity index (χ0n) is 8.49. The minimum atomic E-state index is -0.443. The molecule has 1 aromatic heterocycles. The Bertz CT molecular complexity index is 338. The number of aromatic nitrogens is 1. The van der Waals surface area contributed by atoms with Crippen LogP contribution in [0.2, 0.25) is 5.02 Å². The molecule has 1 rings (SSSR count). The van der Waals surface area contributed by atoms with Crippen LogP contribution in [-0.4, -0.2) is 21.5 Å². The maximum absolute atomic E-state index is 11.5. The second-order valence-electron chi connectivity index (χ2n) is 4.03. The highest BCUT2D eigenvalue weighted by atomic mass is 35.5. The van der Waals surface area contributed by atoms with E-state index in [0.29, 0.717) is 10.7 Å². The van der Waals surface area contributed by atoms with Crippen molar-refractivity contribution in [1.82, 2.24) is 4.98 Å². The third kappa shape index (κ3) is 3.00. The lowest BCUT2D eigenvalue weighted by molar-refractivity contribution is -0.530. The smallest absolute Gasteiger partial charge is 0.200 e. The van der Waals surface area contributed by atoms with Gasteiger partial charge in [-0.2, -0.15) is 0 Å². The number of nitrogens with zero attached hydrogens (tertiary/aromatic N) is 2. The van der Waals surface area contributed by atoms with E-state index in [0.717, 1.165) is 4.74 Å². The van der Waals surface area contributed by atoms with Crippen LogP contribution >= 0.6 is 11.6 Å². The molecule has 0 aliphatic heterocycles. The van der Waals surface area contributed by atoms with E-state index in [-0.39, 0.29) is 0 Å². The molecule has 14 heavy (non-hydrogen) atoms. The van der Waals surface area contributed by atoms with Gasteiger partial charge in [-0.15, -0.1) is 0 Å². The maximum atomic E-state index is 11.5. The van der Waals surface area contributed by atoms with Gasteiger partial charge in [0, 0.05) is 27.0 Å². The SMILES string of the molecule is CC(C)(C)[N+]([O-])=Cc1ccc(Cl)cn1. The fraction of sp³-hybridized carbons (Fsp3) is 0.400. The Kier molecular flexibility index (Phi) is 3.11. The van der Waals surface area contributed by atoms with E-state index >= 15 is 0 Å². The summed E-state index contributed by atoms with van der Waals surface area (Å²) in [6.07, 6.45) is 2.97. The van der Waals surface area contributed by atoms with E-state index in [1.807, 2.05) is 20.8 Å². The van der Waals surface area contributed by atoms with Crippen molar-refractivity contribution in [1.29, 1.82) is 0 Å². The Morgan fingerprint density at radius 3 is 2.50 bits per heavy atom. The predicted octanol–water partition coefficient (Wildman–Crippen LogP) is 2.46. The van der Waals surface area contributed by atoms with Gasteiger partial charge in [-0.05, 0) is 12.1 Å². The first-order valence-electron chi connectivity index (χ1n) is 4.32. The largest absolute Gasteiger partial charge is 0.623 e. The first-order chi connectivity index (χ1) is 6.39. The third-order valence-electron chi connectivity index (χ3n) is 1.66. The van der Waals surface area contributed by atoms with E-state index in [2.05, 4.69) is 4.98 Å². The summed E-state index contributed by atoms with van der Waals surface area (Å²) in [6, 6.07) is 3.41. The van der Waals surface area contributed by atoms with Crippen molar-refractivity contribution >= 4 is 17.8 Å². The van der Waals surface area contributed by atoms with Crippen LogP contribution in [0.25, 0.3) is 0 Å². The van der Waals surface area contributed by atoms with Gasteiger partial charge in [-0.1, -0.05) is 11.6 Å². The summed E-state index contributed by atoms with van der Waals surface area (Å²) in [5.41, 5.74) is 0.167. The number of pyridine rings is 1. The van der Waals surface area contributed by atoms with Crippen LogP contribution in [-0.2, 0) is 0 Å². The molecule has 0 aromatic carbocycles. The molecule has 1 heterocycles. The minimum Gasteiger partial charge on any atom is -0.623 e. The van der Waals surface area contributed by atoms with E-state index < -0.39 is 5.54 Å². The van der Waals surface area contributed by atoms with Crippen molar-refractivity contribution in [3.8, 4) is 0 Å². The third-order valence-corrected chi connectivity index (χ3v) is 1.88. The van der Waals surface area contributed by atoms with Crippen LogP contribution in [0.4, 0.5) is 0 Å². The zero-order valence-corrected chi connectivity index (χ0v) is 9.25. The van der Waals surface area contributed by atoms with Crippen molar-refractivity contribution in [2.24, 2.45) is 0 Å². The van der Waals surface area contributed by atoms with Crippen molar-refractivity contribution in [2.75, 3.05) is 0 Å². The monoisotopic (exact) mass is 212 g/mol. The molecule has 3 nitrogen and oxygen atoms in total. The molecule has 0 saturated carbocycles. The van der Waals surface area contributed by atoms with Gasteiger partial charge in [0.05, 0.1) is 5.02 Å². The van der Waals surface area contributed by atoms with Crippen molar-refractivity contribution in [2.45, 2.75) is 26.3 Å². The van der Waals surface area contributed by atoms with Gasteiger partial charge in [0.1, 0.15) is 5.69 Å². The number of hydroxylamine groups is 1. The highest BCUT2D eigenvalue weighted by Gasteiger charge is 2.18. The number of hydrogen-bond donors (Lipinski definition) is 0. The summed E-state index contributed by atoms with van der Waals surface area (Å²) in [7, 11) is 0. The van der Waals surface area contributed by atoms with E-state index in [1.54, 1.807) is 12.1 Å². The average Bonchev–Trinajstić information content (AvgIpc) is 2.07. The molecule has 76 valence electrons. The standard InChI is InChI=1S/C10H13ClN2O/c1-10(2,3)13(14)7-9-5-4-8(11)6-12-9/h4-7H,1-3H3. The molecule has 0 aliphatic carbocycles. The first-order valence-corrected chi connectivity index (χ1v) is 4.70. The average molecular weight is 213 g/mol. The van der Waals surface area contributed by atoms with Crippen LogP contribution in [0.15, 0.2) is 18.3 Å². The van der Waals surface area contributed by atoms with Crippen molar-refractivity contribution in [3.05, 3.63) is 34.3 Å². The molecule has 0 fully saturated rings. The molecular formula is C10H13ClN2O.